The minimum atomic E-state index is 0.677. The van der Waals surface area contributed by atoms with Crippen molar-refractivity contribution in [1.29, 1.82) is 0 Å². The number of aromatic nitrogens is 3. The Morgan fingerprint density at radius 1 is 0.203 bits per heavy atom. The predicted octanol–water partition coefficient (Wildman–Crippen LogP) is 16.2. The van der Waals surface area contributed by atoms with Gasteiger partial charge in [-0.25, -0.2) is 15.0 Å². The van der Waals surface area contributed by atoms with Gasteiger partial charge in [0.15, 0.2) is 5.82 Å². The quantitative estimate of drug-likeness (QED) is 0.150. The molecule has 0 aliphatic carbocycles. The highest BCUT2D eigenvalue weighted by atomic mass is 14.9. The largest absolute Gasteiger partial charge is 0.247 e. The summed E-state index contributed by atoms with van der Waals surface area (Å²) in [5, 5.41) is 8.44. The van der Waals surface area contributed by atoms with Crippen LogP contribution < -0.4 is 0 Å². The van der Waals surface area contributed by atoms with Crippen LogP contribution in [0, 0.1) is 0 Å². The van der Waals surface area contributed by atoms with Crippen LogP contribution in [0.4, 0.5) is 0 Å². The summed E-state index contributed by atoms with van der Waals surface area (Å²) < 4.78 is 0. The first-order valence-corrected chi connectivity index (χ1v) is 21.8. The number of fused-ring (bicyclic) bond motifs is 8. The molecule has 0 bridgehead atoms. The van der Waals surface area contributed by atoms with Crippen molar-refractivity contribution in [2.24, 2.45) is 0 Å². The topological polar surface area (TPSA) is 38.7 Å². The van der Waals surface area contributed by atoms with E-state index in [9.17, 15) is 0 Å². The standard InChI is InChI=1S/C61H39N3/c1-4-16-40(17-5-1)42-28-34-45(35-29-42)58-55(59(64-61(63-58)48-20-8-3-9-21-48)46-36-30-43(31-37-46)41-18-6-2-7-19-41)44-32-38-47(39-33-44)60-57-52-25-13-11-23-50(52)49-22-10-12-24-51(49)56(57)53-26-14-15-27-54(53)62-60/h1-39H. The van der Waals surface area contributed by atoms with Gasteiger partial charge in [0.2, 0.25) is 0 Å². The highest BCUT2D eigenvalue weighted by molar-refractivity contribution is 6.33. The second-order valence-corrected chi connectivity index (χ2v) is 16.3. The van der Waals surface area contributed by atoms with Crippen molar-refractivity contribution in [3.63, 3.8) is 0 Å². The number of para-hydroxylation sites is 1. The van der Waals surface area contributed by atoms with Gasteiger partial charge < -0.3 is 0 Å². The number of pyridine rings is 1. The summed E-state index contributed by atoms with van der Waals surface area (Å²) >= 11 is 0. The van der Waals surface area contributed by atoms with Gasteiger partial charge in [0.05, 0.1) is 22.6 Å². The molecule has 12 aromatic rings. The van der Waals surface area contributed by atoms with Crippen molar-refractivity contribution in [3.05, 3.63) is 237 Å². The van der Waals surface area contributed by atoms with Crippen molar-refractivity contribution in [2.45, 2.75) is 0 Å². The lowest BCUT2D eigenvalue weighted by Gasteiger charge is -2.18. The average Bonchev–Trinajstić information content (AvgIpc) is 3.39. The molecule has 3 nitrogen and oxygen atoms in total. The molecule has 12 rings (SSSR count). The molecule has 64 heavy (non-hydrogen) atoms. The molecule has 0 N–H and O–H groups in total. The van der Waals surface area contributed by atoms with Crippen LogP contribution in [0.3, 0.4) is 0 Å². The molecule has 0 spiro atoms. The van der Waals surface area contributed by atoms with Gasteiger partial charge in [-0.2, -0.15) is 0 Å². The van der Waals surface area contributed by atoms with E-state index in [-0.39, 0.29) is 0 Å². The zero-order valence-electron chi connectivity index (χ0n) is 34.9. The lowest BCUT2D eigenvalue weighted by molar-refractivity contribution is 1.18. The van der Waals surface area contributed by atoms with Gasteiger partial charge in [-0.15, -0.1) is 0 Å². The monoisotopic (exact) mass is 813 g/mol. The fourth-order valence-electron chi connectivity index (χ4n) is 9.40. The van der Waals surface area contributed by atoms with Crippen LogP contribution in [0.25, 0.3) is 122 Å². The smallest absolute Gasteiger partial charge is 0.160 e. The molecule has 0 fully saturated rings. The number of hydrogen-bond acceptors (Lipinski definition) is 3. The molecule has 0 atom stereocenters. The number of nitrogens with zero attached hydrogens (tertiary/aromatic N) is 3. The van der Waals surface area contributed by atoms with Crippen LogP contribution in [0.1, 0.15) is 0 Å². The Morgan fingerprint density at radius 2 is 0.547 bits per heavy atom. The van der Waals surface area contributed by atoms with Gasteiger partial charge in [-0.3, -0.25) is 0 Å². The van der Waals surface area contributed by atoms with Gasteiger partial charge in [-0.05, 0) is 55.4 Å². The molecular weight excluding hydrogens is 775 g/mol. The van der Waals surface area contributed by atoms with Crippen LogP contribution in [-0.2, 0) is 0 Å². The van der Waals surface area contributed by atoms with E-state index in [0.717, 1.165) is 77.9 Å². The van der Waals surface area contributed by atoms with E-state index < -0.39 is 0 Å². The van der Waals surface area contributed by atoms with Crippen LogP contribution in [0.15, 0.2) is 237 Å². The van der Waals surface area contributed by atoms with Gasteiger partial charge >= 0.3 is 0 Å². The fraction of sp³-hybridized carbons (Fsp3) is 0. The minimum Gasteiger partial charge on any atom is -0.247 e. The summed E-state index contributed by atoms with van der Waals surface area (Å²) in [4.78, 5) is 16.3. The summed E-state index contributed by atoms with van der Waals surface area (Å²) in [6.45, 7) is 0. The lowest BCUT2D eigenvalue weighted by Crippen LogP contribution is -2.01. The molecule has 298 valence electrons. The lowest BCUT2D eigenvalue weighted by atomic mass is 9.89. The third kappa shape index (κ3) is 6.50. The van der Waals surface area contributed by atoms with E-state index in [0.29, 0.717) is 5.82 Å². The molecular formula is C61H39N3. The van der Waals surface area contributed by atoms with E-state index in [4.69, 9.17) is 15.0 Å². The van der Waals surface area contributed by atoms with Crippen molar-refractivity contribution in [1.82, 2.24) is 15.0 Å². The maximum absolute atomic E-state index is 5.45. The highest BCUT2D eigenvalue weighted by Crippen LogP contribution is 2.45. The maximum atomic E-state index is 5.45. The Morgan fingerprint density at radius 3 is 1.05 bits per heavy atom. The van der Waals surface area contributed by atoms with E-state index in [1.165, 1.54) is 38.1 Å². The Kier molecular flexibility index (Phi) is 9.16. The average molecular weight is 814 g/mol. The third-order valence-electron chi connectivity index (χ3n) is 12.5. The fourth-order valence-corrected chi connectivity index (χ4v) is 9.40. The molecule has 0 unspecified atom stereocenters. The molecule has 0 radical (unpaired) electrons. The van der Waals surface area contributed by atoms with Gasteiger partial charge in [0, 0.05) is 44.0 Å². The molecule has 2 aromatic heterocycles. The first-order valence-electron chi connectivity index (χ1n) is 21.8. The first kappa shape index (κ1) is 37.2. The van der Waals surface area contributed by atoms with Crippen molar-refractivity contribution < 1.29 is 0 Å². The molecule has 0 aliphatic heterocycles. The van der Waals surface area contributed by atoms with Gasteiger partial charge in [0.25, 0.3) is 0 Å². The van der Waals surface area contributed by atoms with Crippen molar-refractivity contribution >= 4 is 43.2 Å². The van der Waals surface area contributed by atoms with Gasteiger partial charge in [-0.1, -0.05) is 231 Å². The second-order valence-electron chi connectivity index (χ2n) is 16.3. The zero-order chi connectivity index (χ0) is 42.4. The second kappa shape index (κ2) is 15.7. The van der Waals surface area contributed by atoms with Gasteiger partial charge in [0.1, 0.15) is 0 Å². The highest BCUT2D eigenvalue weighted by Gasteiger charge is 2.22. The Hall–Kier alpha value is -8.53. The minimum absolute atomic E-state index is 0.677. The van der Waals surface area contributed by atoms with E-state index in [1.54, 1.807) is 0 Å². The summed E-state index contributed by atoms with van der Waals surface area (Å²) in [5.74, 6) is 0.677. The Balaban J connectivity index is 1.09. The summed E-state index contributed by atoms with van der Waals surface area (Å²) in [6.07, 6.45) is 0. The van der Waals surface area contributed by atoms with Crippen LogP contribution >= 0.6 is 0 Å². The van der Waals surface area contributed by atoms with Crippen LogP contribution in [0.2, 0.25) is 0 Å². The normalized spacial score (nSPS) is 11.4. The van der Waals surface area contributed by atoms with Crippen molar-refractivity contribution in [3.8, 4) is 78.5 Å². The van der Waals surface area contributed by atoms with E-state index in [2.05, 4.69) is 218 Å². The molecule has 2 heterocycles. The Bertz CT molecular complexity index is 3560. The zero-order valence-corrected chi connectivity index (χ0v) is 34.9. The Labute approximate surface area is 371 Å². The SMILES string of the molecule is c1ccc(-c2ccc(-c3nc(-c4ccccc4)nc(-c4ccc(-c5ccccc5)cc4)c3-c3ccc(-c4nc5ccccc5c5c6ccccc6c6ccccc6c45)cc3)cc2)cc1. The summed E-state index contributed by atoms with van der Waals surface area (Å²) in [7, 11) is 0. The number of benzene rings is 10. The van der Waals surface area contributed by atoms with Crippen LogP contribution in [-0.4, -0.2) is 15.0 Å². The predicted molar refractivity (Wildman–Crippen MR) is 268 cm³/mol. The van der Waals surface area contributed by atoms with Crippen LogP contribution in [0.5, 0.6) is 0 Å². The summed E-state index contributed by atoms with van der Waals surface area (Å²) in [5.41, 5.74) is 14.4. The number of hydrogen-bond donors (Lipinski definition) is 0. The van der Waals surface area contributed by atoms with E-state index >= 15 is 0 Å². The molecule has 0 amide bonds. The number of rotatable bonds is 7. The third-order valence-corrected chi connectivity index (χ3v) is 12.5. The molecule has 0 saturated carbocycles. The summed E-state index contributed by atoms with van der Waals surface area (Å²) in [6, 6.07) is 83.9. The van der Waals surface area contributed by atoms with E-state index in [1.807, 2.05) is 18.2 Å². The molecule has 0 aliphatic rings. The molecule has 3 heteroatoms. The maximum Gasteiger partial charge on any atom is 0.160 e. The van der Waals surface area contributed by atoms with Crippen molar-refractivity contribution in [2.75, 3.05) is 0 Å². The first-order chi connectivity index (χ1) is 31.7. The molecule has 10 aromatic carbocycles. The molecule has 0 saturated heterocycles.